The summed E-state index contributed by atoms with van der Waals surface area (Å²) in [6, 6.07) is 13.9. The predicted molar refractivity (Wildman–Crippen MR) is 105 cm³/mol. The third-order valence-electron chi connectivity index (χ3n) is 5.41. The molecule has 0 amide bonds. The number of halogens is 1. The van der Waals surface area contributed by atoms with E-state index < -0.39 is 0 Å². The number of aliphatic hydroxyl groups is 1. The van der Waals surface area contributed by atoms with Crippen molar-refractivity contribution >= 4 is 0 Å². The van der Waals surface area contributed by atoms with Gasteiger partial charge in [-0.2, -0.15) is 0 Å². The van der Waals surface area contributed by atoms with Gasteiger partial charge in [-0.3, -0.25) is 9.80 Å². The molecule has 0 bridgehead atoms. The predicted octanol–water partition coefficient (Wildman–Crippen LogP) is 3.21. The van der Waals surface area contributed by atoms with Gasteiger partial charge in [-0.25, -0.2) is 4.39 Å². The Balaban J connectivity index is 1.66. The van der Waals surface area contributed by atoms with Crippen molar-refractivity contribution in [2.75, 3.05) is 33.4 Å². The van der Waals surface area contributed by atoms with Crippen LogP contribution in [-0.2, 0) is 13.1 Å². The van der Waals surface area contributed by atoms with Crippen molar-refractivity contribution in [2.24, 2.45) is 0 Å². The maximum atomic E-state index is 13.6. The van der Waals surface area contributed by atoms with E-state index in [1.807, 2.05) is 6.07 Å². The second-order valence-corrected chi connectivity index (χ2v) is 7.27. The van der Waals surface area contributed by atoms with Gasteiger partial charge in [-0.05, 0) is 42.2 Å². The first-order valence-electron chi connectivity index (χ1n) is 9.55. The number of piperazine rings is 1. The third kappa shape index (κ3) is 5.06. The first-order chi connectivity index (χ1) is 13.1. The van der Waals surface area contributed by atoms with Crippen molar-refractivity contribution in [3.05, 3.63) is 65.0 Å². The van der Waals surface area contributed by atoms with E-state index >= 15 is 0 Å². The lowest BCUT2D eigenvalue weighted by atomic mass is 10.0. The number of nitrogens with zero attached hydrogens (tertiary/aromatic N) is 2. The molecule has 146 valence electrons. The molecule has 1 aliphatic heterocycles. The molecule has 1 aliphatic rings. The van der Waals surface area contributed by atoms with E-state index in [2.05, 4.69) is 41.0 Å². The average Bonchev–Trinajstić information content (AvgIpc) is 2.67. The molecule has 1 fully saturated rings. The van der Waals surface area contributed by atoms with Crippen LogP contribution >= 0.6 is 0 Å². The van der Waals surface area contributed by atoms with Gasteiger partial charge in [0, 0.05) is 45.4 Å². The summed E-state index contributed by atoms with van der Waals surface area (Å²) in [5.41, 5.74) is 3.70. The lowest BCUT2D eigenvalue weighted by Crippen LogP contribution is -2.52. The molecular formula is C22H29FN2O2. The van der Waals surface area contributed by atoms with Crippen molar-refractivity contribution in [3.63, 3.8) is 0 Å². The quantitative estimate of drug-likeness (QED) is 0.810. The van der Waals surface area contributed by atoms with Crippen molar-refractivity contribution in [2.45, 2.75) is 32.5 Å². The number of benzene rings is 2. The SMILES string of the molecule is COc1cc(CN2CCN(Cc3ccccc3C)C(CCO)C2)ccc1F. The van der Waals surface area contributed by atoms with Crippen molar-refractivity contribution in [3.8, 4) is 5.75 Å². The molecule has 0 saturated carbocycles. The monoisotopic (exact) mass is 372 g/mol. The fraction of sp³-hybridized carbons (Fsp3) is 0.455. The molecule has 1 N–H and O–H groups in total. The molecule has 2 aromatic rings. The highest BCUT2D eigenvalue weighted by Crippen LogP contribution is 2.22. The molecule has 2 aromatic carbocycles. The normalized spacial score (nSPS) is 18.6. The van der Waals surface area contributed by atoms with Gasteiger partial charge in [-0.1, -0.05) is 30.3 Å². The summed E-state index contributed by atoms with van der Waals surface area (Å²) in [4.78, 5) is 4.85. The van der Waals surface area contributed by atoms with E-state index in [1.165, 1.54) is 24.3 Å². The van der Waals surface area contributed by atoms with E-state index in [0.717, 1.165) is 44.7 Å². The molecule has 27 heavy (non-hydrogen) atoms. The van der Waals surface area contributed by atoms with Crippen LogP contribution in [0.15, 0.2) is 42.5 Å². The summed E-state index contributed by atoms with van der Waals surface area (Å²) in [6.45, 7) is 6.81. The van der Waals surface area contributed by atoms with Gasteiger partial charge in [0.25, 0.3) is 0 Å². The van der Waals surface area contributed by atoms with E-state index in [9.17, 15) is 9.50 Å². The van der Waals surface area contributed by atoms with Gasteiger partial charge in [0.05, 0.1) is 7.11 Å². The summed E-state index contributed by atoms with van der Waals surface area (Å²) in [7, 11) is 1.49. The summed E-state index contributed by atoms with van der Waals surface area (Å²) in [5.74, 6) is -0.0416. The Labute approximate surface area is 161 Å². The first kappa shape index (κ1) is 19.8. The van der Waals surface area contributed by atoms with Crippen LogP contribution in [0.1, 0.15) is 23.1 Å². The zero-order valence-corrected chi connectivity index (χ0v) is 16.2. The molecule has 0 aromatic heterocycles. The van der Waals surface area contributed by atoms with Gasteiger partial charge >= 0.3 is 0 Å². The first-order valence-corrected chi connectivity index (χ1v) is 9.55. The van der Waals surface area contributed by atoms with Crippen LogP contribution in [0.2, 0.25) is 0 Å². The second-order valence-electron chi connectivity index (χ2n) is 7.27. The van der Waals surface area contributed by atoms with E-state index in [1.54, 1.807) is 6.07 Å². The number of hydrogen-bond acceptors (Lipinski definition) is 4. The number of ether oxygens (including phenoxy) is 1. The summed E-state index contributed by atoms with van der Waals surface area (Å²) < 4.78 is 18.7. The molecule has 1 saturated heterocycles. The fourth-order valence-electron chi connectivity index (χ4n) is 3.80. The topological polar surface area (TPSA) is 35.9 Å². The zero-order chi connectivity index (χ0) is 19.2. The second kappa shape index (κ2) is 9.31. The van der Waals surface area contributed by atoms with Crippen LogP contribution in [-0.4, -0.2) is 54.3 Å². The Bertz CT molecular complexity index is 753. The third-order valence-corrected chi connectivity index (χ3v) is 5.41. The maximum absolute atomic E-state index is 13.6. The van der Waals surface area contributed by atoms with E-state index in [0.29, 0.717) is 6.04 Å². The number of aliphatic hydroxyl groups excluding tert-OH is 1. The molecule has 3 rings (SSSR count). The van der Waals surface area contributed by atoms with Crippen molar-refractivity contribution < 1.29 is 14.2 Å². The molecule has 0 aliphatic carbocycles. The highest BCUT2D eigenvalue weighted by atomic mass is 19.1. The van der Waals surface area contributed by atoms with Crippen molar-refractivity contribution in [1.82, 2.24) is 9.80 Å². The number of hydrogen-bond donors (Lipinski definition) is 1. The molecule has 4 nitrogen and oxygen atoms in total. The Morgan fingerprint density at radius 3 is 2.70 bits per heavy atom. The maximum Gasteiger partial charge on any atom is 0.165 e. The fourth-order valence-corrected chi connectivity index (χ4v) is 3.80. The van der Waals surface area contributed by atoms with Gasteiger partial charge in [-0.15, -0.1) is 0 Å². The van der Waals surface area contributed by atoms with Crippen LogP contribution in [0, 0.1) is 12.7 Å². The van der Waals surface area contributed by atoms with Gasteiger partial charge in [0.2, 0.25) is 0 Å². The standard InChI is InChI=1S/C22H29FN2O2/c1-17-5-3-4-6-19(17)15-25-11-10-24(16-20(25)9-12-26)14-18-7-8-21(23)22(13-18)27-2/h3-8,13,20,26H,9-12,14-16H2,1-2H3. The number of rotatable bonds is 7. The molecule has 1 heterocycles. The summed E-state index contributed by atoms with van der Waals surface area (Å²) in [5, 5.41) is 9.53. The number of aryl methyl sites for hydroxylation is 1. The Hall–Kier alpha value is -1.95. The smallest absolute Gasteiger partial charge is 0.165 e. The molecule has 0 radical (unpaired) electrons. The van der Waals surface area contributed by atoms with Gasteiger partial charge in [0.1, 0.15) is 0 Å². The molecule has 1 unspecified atom stereocenters. The van der Waals surface area contributed by atoms with E-state index in [-0.39, 0.29) is 18.2 Å². The Morgan fingerprint density at radius 2 is 1.96 bits per heavy atom. The van der Waals surface area contributed by atoms with E-state index in [4.69, 9.17) is 4.74 Å². The van der Waals surface area contributed by atoms with Crippen molar-refractivity contribution in [1.29, 1.82) is 0 Å². The minimum absolute atomic E-state index is 0.188. The molecule has 5 heteroatoms. The minimum Gasteiger partial charge on any atom is -0.494 e. The van der Waals surface area contributed by atoms with Crippen LogP contribution in [0.3, 0.4) is 0 Å². The van der Waals surface area contributed by atoms with Gasteiger partial charge in [0.15, 0.2) is 11.6 Å². The largest absolute Gasteiger partial charge is 0.494 e. The highest BCUT2D eigenvalue weighted by Gasteiger charge is 2.27. The Morgan fingerprint density at radius 1 is 1.15 bits per heavy atom. The lowest BCUT2D eigenvalue weighted by Gasteiger charge is -2.41. The molecular weight excluding hydrogens is 343 g/mol. The molecule has 1 atom stereocenters. The highest BCUT2D eigenvalue weighted by molar-refractivity contribution is 5.30. The van der Waals surface area contributed by atoms with Crippen LogP contribution in [0.4, 0.5) is 4.39 Å². The summed E-state index contributed by atoms with van der Waals surface area (Å²) in [6.07, 6.45) is 0.759. The zero-order valence-electron chi connectivity index (χ0n) is 16.2. The van der Waals surface area contributed by atoms with Crippen LogP contribution in [0.25, 0.3) is 0 Å². The minimum atomic E-state index is -0.331. The summed E-state index contributed by atoms with van der Waals surface area (Å²) >= 11 is 0. The Kier molecular flexibility index (Phi) is 6.83. The average molecular weight is 372 g/mol. The van der Waals surface area contributed by atoms with Crippen LogP contribution in [0.5, 0.6) is 5.75 Å². The molecule has 0 spiro atoms. The number of methoxy groups -OCH3 is 1. The lowest BCUT2D eigenvalue weighted by molar-refractivity contribution is 0.0498. The van der Waals surface area contributed by atoms with Crippen LogP contribution < -0.4 is 4.74 Å². The van der Waals surface area contributed by atoms with Gasteiger partial charge < -0.3 is 9.84 Å².